The zero-order chi connectivity index (χ0) is 19.6. The largest absolute Gasteiger partial charge is 0.451 e. The lowest BCUT2D eigenvalue weighted by Gasteiger charge is -2.19. The van der Waals surface area contributed by atoms with Gasteiger partial charge in [0.25, 0.3) is 5.91 Å². The number of carbonyl (C=O) groups is 4. The summed E-state index contributed by atoms with van der Waals surface area (Å²) in [6.45, 7) is 0.929. The Bertz CT molecular complexity index is 743. The van der Waals surface area contributed by atoms with E-state index >= 15 is 0 Å². The second kappa shape index (κ2) is 8.04. The fourth-order valence-electron chi connectivity index (χ4n) is 3.48. The van der Waals surface area contributed by atoms with Crippen molar-refractivity contribution in [2.75, 3.05) is 11.9 Å². The van der Waals surface area contributed by atoms with Crippen LogP contribution in [0.4, 0.5) is 5.82 Å². The van der Waals surface area contributed by atoms with Crippen molar-refractivity contribution in [2.45, 2.75) is 38.7 Å². The first-order valence-corrected chi connectivity index (χ1v) is 9.21. The van der Waals surface area contributed by atoms with Gasteiger partial charge in [-0.1, -0.05) is 24.4 Å². The first kappa shape index (κ1) is 19.3. The number of carbonyl (C=O) groups excluding carboxylic acids is 4. The molecule has 8 nitrogen and oxygen atoms in total. The van der Waals surface area contributed by atoms with Gasteiger partial charge in [-0.25, -0.2) is 4.98 Å². The molecular weight excluding hydrogens is 374 g/mol. The number of likely N-dealkylation sites (tertiary alicyclic amines) is 1. The van der Waals surface area contributed by atoms with Crippen LogP contribution in [0.5, 0.6) is 0 Å². The van der Waals surface area contributed by atoms with E-state index in [0.717, 1.165) is 17.7 Å². The molecule has 0 unspecified atom stereocenters. The van der Waals surface area contributed by atoms with E-state index in [4.69, 9.17) is 16.3 Å². The number of esters is 1. The first-order valence-electron chi connectivity index (χ1n) is 8.84. The Hall–Kier alpha value is -2.48. The van der Waals surface area contributed by atoms with Gasteiger partial charge >= 0.3 is 5.97 Å². The Morgan fingerprint density at radius 2 is 1.89 bits per heavy atom. The summed E-state index contributed by atoms with van der Waals surface area (Å²) >= 11 is 5.73. The molecule has 0 bridgehead atoms. The summed E-state index contributed by atoms with van der Waals surface area (Å²) in [5, 5.41) is 2.92. The molecule has 3 amide bonds. The highest BCUT2D eigenvalue weighted by atomic mass is 35.5. The minimum Gasteiger partial charge on any atom is -0.451 e. The van der Waals surface area contributed by atoms with Gasteiger partial charge in [0.1, 0.15) is 12.4 Å². The predicted molar refractivity (Wildman–Crippen MR) is 95.6 cm³/mol. The van der Waals surface area contributed by atoms with Gasteiger partial charge in [0.05, 0.1) is 16.9 Å². The quantitative estimate of drug-likeness (QED) is 0.603. The number of imide groups is 1. The lowest BCUT2D eigenvalue weighted by molar-refractivity contribution is -0.158. The van der Waals surface area contributed by atoms with E-state index in [1.165, 1.54) is 19.2 Å². The second-order valence-corrected chi connectivity index (χ2v) is 7.18. The Kier molecular flexibility index (Phi) is 5.74. The highest BCUT2D eigenvalue weighted by molar-refractivity contribution is 6.30. The fourth-order valence-corrected chi connectivity index (χ4v) is 3.59. The van der Waals surface area contributed by atoms with Crippen molar-refractivity contribution >= 4 is 41.1 Å². The molecule has 1 aliphatic carbocycles. The number of aromatic nitrogens is 1. The van der Waals surface area contributed by atoms with E-state index in [-0.39, 0.29) is 29.5 Å². The standard InChI is InChI=1S/C18H20ClN3O5/c1-10(16(24)21-14-7-6-11(19)8-20-14)27-15(23)9-22-17(25)12-4-2-3-5-13(12)18(22)26/h6-8,10,12-13H,2-5,9H2,1H3,(H,20,21,24)/t10-,12-,13+/m0/s1. The Morgan fingerprint density at radius 3 is 2.44 bits per heavy atom. The van der Waals surface area contributed by atoms with Gasteiger partial charge in [-0.2, -0.15) is 0 Å². The Morgan fingerprint density at radius 1 is 1.26 bits per heavy atom. The molecule has 9 heteroatoms. The topological polar surface area (TPSA) is 106 Å². The van der Waals surface area contributed by atoms with E-state index in [9.17, 15) is 19.2 Å². The van der Waals surface area contributed by atoms with E-state index in [1.54, 1.807) is 6.07 Å². The fraction of sp³-hybridized carbons (Fsp3) is 0.500. The number of hydrogen-bond donors (Lipinski definition) is 1. The van der Waals surface area contributed by atoms with Crippen molar-refractivity contribution in [3.63, 3.8) is 0 Å². The maximum atomic E-state index is 12.4. The Balaban J connectivity index is 1.53. The van der Waals surface area contributed by atoms with Crippen LogP contribution in [0.15, 0.2) is 18.3 Å². The van der Waals surface area contributed by atoms with E-state index < -0.39 is 24.5 Å². The molecule has 1 aromatic rings. The summed E-state index contributed by atoms with van der Waals surface area (Å²) < 4.78 is 5.07. The first-order chi connectivity index (χ1) is 12.9. The molecule has 2 heterocycles. The van der Waals surface area contributed by atoms with Gasteiger partial charge < -0.3 is 10.1 Å². The summed E-state index contributed by atoms with van der Waals surface area (Å²) in [4.78, 5) is 53.9. The van der Waals surface area contributed by atoms with Crippen LogP contribution in [0, 0.1) is 11.8 Å². The van der Waals surface area contributed by atoms with Crippen LogP contribution in [0.1, 0.15) is 32.6 Å². The van der Waals surface area contributed by atoms with Crippen molar-refractivity contribution in [2.24, 2.45) is 11.8 Å². The average molecular weight is 394 g/mol. The van der Waals surface area contributed by atoms with E-state index in [2.05, 4.69) is 10.3 Å². The van der Waals surface area contributed by atoms with Gasteiger partial charge in [0, 0.05) is 6.20 Å². The van der Waals surface area contributed by atoms with Crippen LogP contribution in [0.25, 0.3) is 0 Å². The summed E-state index contributed by atoms with van der Waals surface area (Å²) in [7, 11) is 0. The number of anilines is 1. The number of nitrogens with one attached hydrogen (secondary N) is 1. The van der Waals surface area contributed by atoms with Crippen molar-refractivity contribution in [3.05, 3.63) is 23.4 Å². The normalized spacial score (nSPS) is 23.0. The van der Waals surface area contributed by atoms with Crippen LogP contribution in [0.3, 0.4) is 0 Å². The number of nitrogens with zero attached hydrogens (tertiary/aromatic N) is 2. The molecule has 1 saturated carbocycles. The molecule has 3 rings (SSSR count). The molecule has 27 heavy (non-hydrogen) atoms. The minimum atomic E-state index is -1.11. The van der Waals surface area contributed by atoms with Gasteiger partial charge in [-0.05, 0) is 31.9 Å². The van der Waals surface area contributed by atoms with Gasteiger partial charge in [0.2, 0.25) is 11.8 Å². The molecule has 1 aliphatic heterocycles. The smallest absolute Gasteiger partial charge is 0.326 e. The zero-order valence-electron chi connectivity index (χ0n) is 14.8. The third kappa shape index (κ3) is 4.27. The van der Waals surface area contributed by atoms with Gasteiger partial charge in [0.15, 0.2) is 6.10 Å². The zero-order valence-corrected chi connectivity index (χ0v) is 15.6. The van der Waals surface area contributed by atoms with Crippen molar-refractivity contribution in [1.29, 1.82) is 0 Å². The molecule has 1 N–H and O–H groups in total. The van der Waals surface area contributed by atoms with Crippen LogP contribution < -0.4 is 5.32 Å². The molecule has 3 atom stereocenters. The molecule has 1 aromatic heterocycles. The highest BCUT2D eigenvalue weighted by Gasteiger charge is 2.48. The van der Waals surface area contributed by atoms with Crippen molar-refractivity contribution in [1.82, 2.24) is 9.88 Å². The third-order valence-corrected chi connectivity index (χ3v) is 5.10. The maximum Gasteiger partial charge on any atom is 0.326 e. The lowest BCUT2D eigenvalue weighted by atomic mass is 9.81. The van der Waals surface area contributed by atoms with Crippen LogP contribution in [-0.4, -0.2) is 46.2 Å². The van der Waals surface area contributed by atoms with Crippen LogP contribution in [0.2, 0.25) is 5.02 Å². The van der Waals surface area contributed by atoms with Crippen LogP contribution >= 0.6 is 11.6 Å². The van der Waals surface area contributed by atoms with E-state index in [1.807, 2.05) is 0 Å². The van der Waals surface area contributed by atoms with Crippen molar-refractivity contribution in [3.8, 4) is 0 Å². The van der Waals surface area contributed by atoms with E-state index in [0.29, 0.717) is 17.9 Å². The number of amides is 3. The number of ether oxygens (including phenoxy) is 1. The molecule has 144 valence electrons. The van der Waals surface area contributed by atoms with Crippen molar-refractivity contribution < 1.29 is 23.9 Å². The SMILES string of the molecule is C[C@H](OC(=O)CN1C(=O)[C@H]2CCCC[C@H]2C1=O)C(=O)Nc1ccc(Cl)cn1. The molecule has 1 saturated heterocycles. The van der Waals surface area contributed by atoms with Crippen LogP contribution in [-0.2, 0) is 23.9 Å². The highest BCUT2D eigenvalue weighted by Crippen LogP contribution is 2.37. The number of hydrogen-bond acceptors (Lipinski definition) is 6. The molecule has 0 aromatic carbocycles. The Labute approximate surface area is 161 Å². The predicted octanol–water partition coefficient (Wildman–Crippen LogP) is 1.78. The van der Waals surface area contributed by atoms with Gasteiger partial charge in [-0.15, -0.1) is 0 Å². The molecule has 2 aliphatic rings. The third-order valence-electron chi connectivity index (χ3n) is 4.88. The number of rotatable bonds is 5. The maximum absolute atomic E-state index is 12.4. The average Bonchev–Trinajstić information content (AvgIpc) is 2.89. The lowest BCUT2D eigenvalue weighted by Crippen LogP contribution is -2.39. The number of halogens is 1. The summed E-state index contributed by atoms with van der Waals surface area (Å²) in [6.07, 6.45) is 3.44. The summed E-state index contributed by atoms with van der Waals surface area (Å²) in [6, 6.07) is 3.07. The summed E-state index contributed by atoms with van der Waals surface area (Å²) in [5.74, 6) is -2.39. The molecule has 2 fully saturated rings. The van der Waals surface area contributed by atoms with Gasteiger partial charge in [-0.3, -0.25) is 24.1 Å². The second-order valence-electron chi connectivity index (χ2n) is 6.74. The summed E-state index contributed by atoms with van der Waals surface area (Å²) in [5.41, 5.74) is 0. The number of pyridine rings is 1. The monoisotopic (exact) mass is 393 g/mol. The molecule has 0 spiro atoms. The molecule has 0 radical (unpaired) electrons. The molecular formula is C18H20ClN3O5. The minimum absolute atomic E-state index is 0.265. The number of fused-ring (bicyclic) bond motifs is 1.